The van der Waals surface area contributed by atoms with Crippen LogP contribution < -0.4 is 15.0 Å². The predicted octanol–water partition coefficient (Wildman–Crippen LogP) is 3.00. The molecular formula is C21H18N2O5. The molecule has 0 aliphatic heterocycles. The molecule has 0 saturated heterocycles. The Morgan fingerprint density at radius 2 is 1.68 bits per heavy atom. The summed E-state index contributed by atoms with van der Waals surface area (Å²) in [5.74, 6) is 0.251. The van der Waals surface area contributed by atoms with Crippen molar-refractivity contribution in [2.24, 2.45) is 0 Å². The van der Waals surface area contributed by atoms with Crippen LogP contribution in [-0.4, -0.2) is 36.1 Å². The normalized spacial score (nSPS) is 10.8. The first kappa shape index (κ1) is 19.1. The average Bonchev–Trinajstić information content (AvgIpc) is 2.75. The molecule has 0 atom stereocenters. The number of carbonyl (C=O) groups is 2. The molecule has 0 bridgehead atoms. The van der Waals surface area contributed by atoms with Gasteiger partial charge in [0.2, 0.25) is 0 Å². The fraction of sp³-hybridized carbons (Fsp3) is 0.0952. The summed E-state index contributed by atoms with van der Waals surface area (Å²) in [5.41, 5.74) is 3.75. The molecule has 7 heteroatoms. The summed E-state index contributed by atoms with van der Waals surface area (Å²) in [5, 5.41) is 9.29. The van der Waals surface area contributed by atoms with Gasteiger partial charge in [0.1, 0.15) is 0 Å². The molecule has 7 nitrogen and oxygen atoms in total. The monoisotopic (exact) mass is 378 g/mol. The Kier molecular flexibility index (Phi) is 5.67. The summed E-state index contributed by atoms with van der Waals surface area (Å²) in [7, 11) is 3.05. The molecular weight excluding hydrogens is 360 g/mol. The number of nitrogens with zero attached hydrogens (tertiary/aromatic N) is 1. The molecule has 3 aromatic rings. The quantitative estimate of drug-likeness (QED) is 0.296. The van der Waals surface area contributed by atoms with E-state index in [-0.39, 0.29) is 5.78 Å². The lowest BCUT2D eigenvalue weighted by Gasteiger charge is -2.09. The van der Waals surface area contributed by atoms with Gasteiger partial charge in [-0.2, -0.15) is 0 Å². The SMILES string of the molecule is COc1ccc(C(=O)c2ccc3nc(/C=C/C(=O)NO)ccc3c2)cc1OC. The molecule has 2 N–H and O–H groups in total. The Bertz CT molecular complexity index is 1080. The van der Waals surface area contributed by atoms with Crippen LogP contribution in [0.3, 0.4) is 0 Å². The second-order valence-electron chi connectivity index (χ2n) is 5.85. The van der Waals surface area contributed by atoms with Crippen LogP contribution in [0.25, 0.3) is 17.0 Å². The Balaban J connectivity index is 1.91. The van der Waals surface area contributed by atoms with Crippen LogP contribution in [0.1, 0.15) is 21.6 Å². The number of amides is 1. The highest BCUT2D eigenvalue weighted by Crippen LogP contribution is 2.29. The Morgan fingerprint density at radius 1 is 0.964 bits per heavy atom. The van der Waals surface area contributed by atoms with Gasteiger partial charge in [0.05, 0.1) is 25.4 Å². The van der Waals surface area contributed by atoms with Gasteiger partial charge >= 0.3 is 0 Å². The number of carbonyl (C=O) groups excluding carboxylic acids is 2. The number of methoxy groups -OCH3 is 2. The van der Waals surface area contributed by atoms with Gasteiger partial charge in [-0.05, 0) is 48.5 Å². The smallest absolute Gasteiger partial charge is 0.267 e. The van der Waals surface area contributed by atoms with E-state index in [1.54, 1.807) is 42.5 Å². The van der Waals surface area contributed by atoms with Crippen molar-refractivity contribution in [3.8, 4) is 11.5 Å². The number of hydroxylamine groups is 1. The number of pyridine rings is 1. The maximum absolute atomic E-state index is 12.8. The van der Waals surface area contributed by atoms with Gasteiger partial charge in [0, 0.05) is 22.6 Å². The molecule has 142 valence electrons. The predicted molar refractivity (Wildman–Crippen MR) is 104 cm³/mol. The second kappa shape index (κ2) is 8.32. The van der Waals surface area contributed by atoms with Crippen molar-refractivity contribution in [2.45, 2.75) is 0 Å². The topological polar surface area (TPSA) is 97.8 Å². The van der Waals surface area contributed by atoms with Gasteiger partial charge in [0.15, 0.2) is 17.3 Å². The molecule has 28 heavy (non-hydrogen) atoms. The lowest BCUT2D eigenvalue weighted by Crippen LogP contribution is -2.14. The van der Waals surface area contributed by atoms with Crippen molar-refractivity contribution in [3.05, 3.63) is 71.4 Å². The maximum atomic E-state index is 12.8. The lowest BCUT2D eigenvalue weighted by atomic mass is 10.0. The summed E-state index contributed by atoms with van der Waals surface area (Å²) in [6, 6.07) is 13.7. The zero-order chi connectivity index (χ0) is 20.1. The van der Waals surface area contributed by atoms with Gasteiger partial charge in [-0.25, -0.2) is 10.5 Å². The number of ether oxygens (including phenoxy) is 2. The van der Waals surface area contributed by atoms with Crippen LogP contribution in [0.5, 0.6) is 11.5 Å². The molecule has 0 saturated carbocycles. The molecule has 1 aromatic heterocycles. The highest BCUT2D eigenvalue weighted by atomic mass is 16.5. The number of hydrogen-bond donors (Lipinski definition) is 2. The van der Waals surface area contributed by atoms with E-state index in [4.69, 9.17) is 14.7 Å². The van der Waals surface area contributed by atoms with Crippen molar-refractivity contribution >= 4 is 28.7 Å². The number of aromatic nitrogens is 1. The van der Waals surface area contributed by atoms with Gasteiger partial charge in [-0.15, -0.1) is 0 Å². The summed E-state index contributed by atoms with van der Waals surface area (Å²) in [4.78, 5) is 28.3. The van der Waals surface area contributed by atoms with E-state index in [1.165, 1.54) is 31.9 Å². The van der Waals surface area contributed by atoms with E-state index in [2.05, 4.69) is 4.98 Å². The lowest BCUT2D eigenvalue weighted by molar-refractivity contribution is -0.124. The van der Waals surface area contributed by atoms with E-state index in [9.17, 15) is 9.59 Å². The largest absolute Gasteiger partial charge is 0.493 e. The molecule has 0 unspecified atom stereocenters. The van der Waals surface area contributed by atoms with Crippen LogP contribution in [0.4, 0.5) is 0 Å². The van der Waals surface area contributed by atoms with Crippen LogP contribution in [-0.2, 0) is 4.79 Å². The number of ketones is 1. The van der Waals surface area contributed by atoms with E-state index >= 15 is 0 Å². The first-order valence-electron chi connectivity index (χ1n) is 8.35. The maximum Gasteiger partial charge on any atom is 0.267 e. The Morgan fingerprint density at radius 3 is 2.39 bits per heavy atom. The first-order chi connectivity index (χ1) is 13.5. The van der Waals surface area contributed by atoms with Crippen molar-refractivity contribution in [2.75, 3.05) is 14.2 Å². The molecule has 0 radical (unpaired) electrons. The third kappa shape index (κ3) is 3.99. The van der Waals surface area contributed by atoms with Crippen LogP contribution in [0.15, 0.2) is 54.6 Å². The molecule has 3 rings (SSSR count). The Hall–Kier alpha value is -3.71. The first-order valence-corrected chi connectivity index (χ1v) is 8.35. The standard InChI is InChI=1S/C21H18N2O5/c1-27-18-9-5-15(12-19(18)28-2)21(25)14-4-8-17-13(11-14)3-6-16(22-17)7-10-20(24)23-26/h3-12,26H,1-2H3,(H,23,24)/b10-7+. The average molecular weight is 378 g/mol. The zero-order valence-electron chi connectivity index (χ0n) is 15.3. The van der Waals surface area contributed by atoms with Crippen molar-refractivity contribution in [3.63, 3.8) is 0 Å². The van der Waals surface area contributed by atoms with E-state index in [0.29, 0.717) is 33.8 Å². The number of nitrogens with one attached hydrogen (secondary N) is 1. The number of rotatable bonds is 6. The molecule has 0 aliphatic carbocycles. The Labute approximate surface area is 161 Å². The molecule has 2 aromatic carbocycles. The minimum Gasteiger partial charge on any atom is -0.493 e. The fourth-order valence-electron chi connectivity index (χ4n) is 2.72. The summed E-state index contributed by atoms with van der Waals surface area (Å²) in [6.45, 7) is 0. The van der Waals surface area contributed by atoms with Gasteiger partial charge in [-0.3, -0.25) is 14.8 Å². The van der Waals surface area contributed by atoms with Crippen molar-refractivity contribution in [1.29, 1.82) is 0 Å². The van der Waals surface area contributed by atoms with Gasteiger partial charge < -0.3 is 9.47 Å². The van der Waals surface area contributed by atoms with Crippen molar-refractivity contribution < 1.29 is 24.3 Å². The highest BCUT2D eigenvalue weighted by Gasteiger charge is 2.13. The summed E-state index contributed by atoms with van der Waals surface area (Å²) >= 11 is 0. The number of benzene rings is 2. The van der Waals surface area contributed by atoms with Crippen LogP contribution in [0, 0.1) is 0 Å². The molecule has 1 amide bonds. The van der Waals surface area contributed by atoms with Gasteiger partial charge in [-0.1, -0.05) is 6.07 Å². The van der Waals surface area contributed by atoms with Gasteiger partial charge in [0.25, 0.3) is 5.91 Å². The third-order valence-corrected chi connectivity index (χ3v) is 4.13. The summed E-state index contributed by atoms with van der Waals surface area (Å²) < 4.78 is 10.5. The second-order valence-corrected chi connectivity index (χ2v) is 5.85. The van der Waals surface area contributed by atoms with E-state index in [1.807, 2.05) is 6.07 Å². The van der Waals surface area contributed by atoms with E-state index < -0.39 is 5.91 Å². The van der Waals surface area contributed by atoms with E-state index in [0.717, 1.165) is 5.39 Å². The molecule has 0 spiro atoms. The highest BCUT2D eigenvalue weighted by molar-refractivity contribution is 6.10. The van der Waals surface area contributed by atoms with Crippen LogP contribution in [0.2, 0.25) is 0 Å². The molecule has 1 heterocycles. The molecule has 0 aliphatic rings. The summed E-state index contributed by atoms with van der Waals surface area (Å²) in [6.07, 6.45) is 2.65. The minimum absolute atomic E-state index is 0.147. The number of hydrogen-bond acceptors (Lipinski definition) is 6. The third-order valence-electron chi connectivity index (χ3n) is 4.13. The van der Waals surface area contributed by atoms with Crippen LogP contribution >= 0.6 is 0 Å². The zero-order valence-corrected chi connectivity index (χ0v) is 15.3. The fourth-order valence-corrected chi connectivity index (χ4v) is 2.72. The van der Waals surface area contributed by atoms with Crippen molar-refractivity contribution in [1.82, 2.24) is 10.5 Å². The minimum atomic E-state index is -0.641. The molecule has 0 fully saturated rings. The number of fused-ring (bicyclic) bond motifs is 1.